The van der Waals surface area contributed by atoms with E-state index in [4.69, 9.17) is 19.6 Å². The van der Waals surface area contributed by atoms with Crippen LogP contribution in [0.1, 0.15) is 30.2 Å². The van der Waals surface area contributed by atoms with Gasteiger partial charge >= 0.3 is 0 Å². The van der Waals surface area contributed by atoms with E-state index < -0.39 is 11.5 Å². The Bertz CT molecular complexity index is 810. The van der Waals surface area contributed by atoms with Crippen LogP contribution in [0.25, 0.3) is 0 Å². The SMILES string of the molecule is COCc1nc2c(o1)CCN(C(=O)[C@H]1[C@@H]3CC[C@@]4(CN(CCN)C(=O)[C@@H]14)O3)C2. The highest BCUT2D eigenvalue weighted by Gasteiger charge is 2.69. The minimum absolute atomic E-state index is 0.00136. The van der Waals surface area contributed by atoms with Crippen molar-refractivity contribution in [3.63, 3.8) is 0 Å². The van der Waals surface area contributed by atoms with Gasteiger partial charge in [0.05, 0.1) is 36.6 Å². The highest BCUT2D eigenvalue weighted by atomic mass is 16.5. The highest BCUT2D eigenvalue weighted by Crippen LogP contribution is 2.55. The maximum Gasteiger partial charge on any atom is 0.229 e. The molecule has 1 aromatic heterocycles. The van der Waals surface area contributed by atoms with E-state index >= 15 is 0 Å². The minimum Gasteiger partial charge on any atom is -0.443 e. The number of amides is 2. The standard InChI is InChI=1S/C19H26N4O5/c1-26-9-14-21-11-8-22(6-3-12(11)27-14)17(24)15-13-2-4-19(28-13)10-23(7-5-20)18(25)16(15)19/h13,15-16H,2-10,20H2,1H3/t13-,15-,16+,19-/m0/s1. The molecule has 5 rings (SSSR count). The molecule has 2 amide bonds. The van der Waals surface area contributed by atoms with Crippen molar-refractivity contribution in [3.05, 3.63) is 17.3 Å². The zero-order valence-corrected chi connectivity index (χ0v) is 16.1. The number of fused-ring (bicyclic) bond motifs is 2. The van der Waals surface area contributed by atoms with Crippen molar-refractivity contribution in [3.8, 4) is 0 Å². The molecule has 28 heavy (non-hydrogen) atoms. The van der Waals surface area contributed by atoms with Gasteiger partial charge in [-0.1, -0.05) is 0 Å². The molecule has 0 radical (unpaired) electrons. The summed E-state index contributed by atoms with van der Waals surface area (Å²) < 4.78 is 17.0. The number of hydrogen-bond donors (Lipinski definition) is 1. The third kappa shape index (κ3) is 2.53. The fourth-order valence-corrected chi connectivity index (χ4v) is 5.50. The topological polar surface area (TPSA) is 111 Å². The molecule has 3 fully saturated rings. The largest absolute Gasteiger partial charge is 0.443 e. The molecule has 4 aliphatic heterocycles. The lowest BCUT2D eigenvalue weighted by molar-refractivity contribution is -0.145. The average Bonchev–Trinajstić information content (AvgIpc) is 3.41. The summed E-state index contributed by atoms with van der Waals surface area (Å²) in [6.07, 6.45) is 2.13. The lowest BCUT2D eigenvalue weighted by atomic mass is 9.72. The van der Waals surface area contributed by atoms with Gasteiger partial charge in [-0.15, -0.1) is 0 Å². The van der Waals surface area contributed by atoms with Gasteiger partial charge < -0.3 is 29.4 Å². The van der Waals surface area contributed by atoms with E-state index in [0.717, 1.165) is 24.3 Å². The number of oxazole rings is 1. The number of carbonyl (C=O) groups is 2. The summed E-state index contributed by atoms with van der Waals surface area (Å²) in [6, 6.07) is 0. The summed E-state index contributed by atoms with van der Waals surface area (Å²) in [4.78, 5) is 34.5. The number of nitrogens with two attached hydrogens (primary N) is 1. The van der Waals surface area contributed by atoms with E-state index in [1.54, 1.807) is 12.0 Å². The van der Waals surface area contributed by atoms with Crippen LogP contribution in [0.15, 0.2) is 4.42 Å². The van der Waals surface area contributed by atoms with Crippen molar-refractivity contribution in [2.75, 3.05) is 33.3 Å². The first kappa shape index (κ1) is 18.1. The molecule has 9 nitrogen and oxygen atoms in total. The second-order valence-electron chi connectivity index (χ2n) is 8.23. The Morgan fingerprint density at radius 2 is 2.32 bits per heavy atom. The van der Waals surface area contributed by atoms with Gasteiger partial charge in [0.15, 0.2) is 0 Å². The number of rotatable bonds is 5. The van der Waals surface area contributed by atoms with Gasteiger partial charge in [0.25, 0.3) is 0 Å². The third-order valence-corrected chi connectivity index (χ3v) is 6.64. The third-order valence-electron chi connectivity index (χ3n) is 6.64. The van der Waals surface area contributed by atoms with Crippen LogP contribution in [0.5, 0.6) is 0 Å². The summed E-state index contributed by atoms with van der Waals surface area (Å²) in [5.41, 5.74) is 5.94. The maximum absolute atomic E-state index is 13.4. The molecule has 2 bridgehead atoms. The normalized spacial score (nSPS) is 33.5. The predicted octanol–water partition coefficient (Wildman–Crippen LogP) is -0.330. The molecule has 0 aliphatic carbocycles. The van der Waals surface area contributed by atoms with Gasteiger partial charge in [0, 0.05) is 33.2 Å². The zero-order chi connectivity index (χ0) is 19.5. The van der Waals surface area contributed by atoms with E-state index in [9.17, 15) is 9.59 Å². The first-order chi connectivity index (χ1) is 13.6. The van der Waals surface area contributed by atoms with E-state index in [-0.39, 0.29) is 23.8 Å². The summed E-state index contributed by atoms with van der Waals surface area (Å²) >= 11 is 0. The number of likely N-dealkylation sites (tertiary alicyclic amines) is 1. The number of methoxy groups -OCH3 is 1. The lowest BCUT2D eigenvalue weighted by Crippen LogP contribution is -2.48. The van der Waals surface area contributed by atoms with Gasteiger partial charge in [-0.2, -0.15) is 0 Å². The Labute approximate surface area is 163 Å². The van der Waals surface area contributed by atoms with Crippen molar-refractivity contribution in [1.29, 1.82) is 0 Å². The number of nitrogens with zero attached hydrogens (tertiary/aromatic N) is 3. The van der Waals surface area contributed by atoms with Gasteiger partial charge in [-0.3, -0.25) is 9.59 Å². The van der Waals surface area contributed by atoms with Gasteiger partial charge in [0.2, 0.25) is 17.7 Å². The Morgan fingerprint density at radius 1 is 1.46 bits per heavy atom. The Balaban J connectivity index is 1.36. The molecule has 152 valence electrons. The summed E-state index contributed by atoms with van der Waals surface area (Å²) in [5.74, 6) is 0.591. The van der Waals surface area contributed by atoms with Crippen molar-refractivity contribution in [1.82, 2.24) is 14.8 Å². The number of hydrogen-bond acceptors (Lipinski definition) is 7. The van der Waals surface area contributed by atoms with Crippen LogP contribution in [-0.4, -0.2) is 71.6 Å². The Morgan fingerprint density at radius 3 is 3.11 bits per heavy atom. The molecule has 0 unspecified atom stereocenters. The molecule has 4 aliphatic rings. The molecular weight excluding hydrogens is 364 g/mol. The van der Waals surface area contributed by atoms with Gasteiger partial charge in [-0.25, -0.2) is 4.98 Å². The molecule has 4 atom stereocenters. The molecule has 1 spiro atoms. The van der Waals surface area contributed by atoms with Crippen molar-refractivity contribution in [2.45, 2.75) is 44.1 Å². The number of carbonyl (C=O) groups excluding carboxylic acids is 2. The van der Waals surface area contributed by atoms with Gasteiger partial charge in [0.1, 0.15) is 18.1 Å². The van der Waals surface area contributed by atoms with E-state index in [1.807, 2.05) is 4.90 Å². The molecule has 2 N–H and O–H groups in total. The first-order valence-electron chi connectivity index (χ1n) is 9.98. The minimum atomic E-state index is -0.502. The number of ether oxygens (including phenoxy) is 2. The molecule has 9 heteroatoms. The van der Waals surface area contributed by atoms with Crippen molar-refractivity contribution >= 4 is 11.8 Å². The van der Waals surface area contributed by atoms with Crippen LogP contribution in [0.4, 0.5) is 0 Å². The maximum atomic E-state index is 13.4. The molecular formula is C19H26N4O5. The van der Waals surface area contributed by atoms with Crippen LogP contribution in [0.3, 0.4) is 0 Å². The smallest absolute Gasteiger partial charge is 0.229 e. The lowest BCUT2D eigenvalue weighted by Gasteiger charge is -2.33. The zero-order valence-electron chi connectivity index (χ0n) is 16.1. The molecule has 3 saturated heterocycles. The predicted molar refractivity (Wildman–Crippen MR) is 95.8 cm³/mol. The van der Waals surface area contributed by atoms with E-state index in [1.165, 1.54) is 0 Å². The summed E-state index contributed by atoms with van der Waals surface area (Å²) in [7, 11) is 1.59. The van der Waals surface area contributed by atoms with E-state index in [2.05, 4.69) is 4.98 Å². The van der Waals surface area contributed by atoms with E-state index in [0.29, 0.717) is 51.6 Å². The van der Waals surface area contributed by atoms with Crippen molar-refractivity contribution < 1.29 is 23.5 Å². The molecule has 1 aromatic rings. The Kier molecular flexibility index (Phi) is 4.22. The van der Waals surface area contributed by atoms with Crippen LogP contribution in [0.2, 0.25) is 0 Å². The monoisotopic (exact) mass is 390 g/mol. The quantitative estimate of drug-likeness (QED) is 0.733. The van der Waals surface area contributed by atoms with Crippen LogP contribution in [-0.2, 0) is 38.6 Å². The van der Waals surface area contributed by atoms with Crippen LogP contribution in [0, 0.1) is 11.8 Å². The molecule has 0 aromatic carbocycles. The number of aromatic nitrogens is 1. The summed E-state index contributed by atoms with van der Waals surface area (Å²) in [6.45, 7) is 2.78. The fraction of sp³-hybridized carbons (Fsp3) is 0.737. The molecule has 5 heterocycles. The van der Waals surface area contributed by atoms with Crippen LogP contribution >= 0.6 is 0 Å². The van der Waals surface area contributed by atoms with Crippen molar-refractivity contribution in [2.24, 2.45) is 17.6 Å². The Hall–Kier alpha value is -1.97. The second kappa shape index (κ2) is 6.53. The second-order valence-corrected chi connectivity index (χ2v) is 8.23. The molecule has 0 saturated carbocycles. The van der Waals surface area contributed by atoms with Crippen LogP contribution < -0.4 is 5.73 Å². The average molecular weight is 390 g/mol. The fourth-order valence-electron chi connectivity index (χ4n) is 5.50. The summed E-state index contributed by atoms with van der Waals surface area (Å²) in [5, 5.41) is 0. The first-order valence-corrected chi connectivity index (χ1v) is 9.98. The van der Waals surface area contributed by atoms with Gasteiger partial charge in [-0.05, 0) is 12.8 Å². The highest BCUT2D eigenvalue weighted by molar-refractivity contribution is 5.92.